The Balaban J connectivity index is 2.70. The molecule has 0 aromatic heterocycles. The number of nitrogens with one attached hydrogen (secondary N) is 1. The Labute approximate surface area is 77.5 Å². The molecule has 66 valence electrons. The fourth-order valence-corrected chi connectivity index (χ4v) is 1.31. The van der Waals surface area contributed by atoms with Crippen LogP contribution >= 0.6 is 11.6 Å². The molecule has 1 aliphatic heterocycles. The number of benzene rings is 1. The predicted octanol–water partition coefficient (Wildman–Crippen LogP) is 1.61. The minimum absolute atomic E-state index is 0.0342. The lowest BCUT2D eigenvalue weighted by atomic mass is 10.1. The van der Waals surface area contributed by atoms with Gasteiger partial charge in [-0.15, -0.1) is 0 Å². The van der Waals surface area contributed by atoms with Crippen LogP contribution in [0.4, 0.5) is 10.1 Å². The van der Waals surface area contributed by atoms with Crippen molar-refractivity contribution < 1.29 is 14.0 Å². The van der Waals surface area contributed by atoms with Gasteiger partial charge in [0.05, 0.1) is 16.3 Å². The Morgan fingerprint density at radius 1 is 1.31 bits per heavy atom. The number of hydrogen-bond donors (Lipinski definition) is 1. The maximum Gasteiger partial charge on any atom is 0.296 e. The van der Waals surface area contributed by atoms with Crippen LogP contribution in [0.25, 0.3) is 0 Å². The van der Waals surface area contributed by atoms with Crippen LogP contribution in [-0.4, -0.2) is 11.7 Å². The molecule has 5 heteroatoms. The van der Waals surface area contributed by atoms with Crippen molar-refractivity contribution in [2.75, 3.05) is 5.32 Å². The Kier molecular flexibility index (Phi) is 1.60. The maximum atomic E-state index is 13.2. The first kappa shape index (κ1) is 8.19. The maximum absolute atomic E-state index is 13.2. The van der Waals surface area contributed by atoms with Crippen LogP contribution in [0.2, 0.25) is 5.02 Å². The SMILES string of the molecule is O=C1Nc2c(ccc(Cl)c2F)C1=O. The zero-order valence-corrected chi connectivity index (χ0v) is 6.98. The number of amides is 1. The average molecular weight is 200 g/mol. The summed E-state index contributed by atoms with van der Waals surface area (Å²) in [6, 6.07) is 2.56. The van der Waals surface area contributed by atoms with Crippen LogP contribution < -0.4 is 5.32 Å². The van der Waals surface area contributed by atoms with Gasteiger partial charge in [0.15, 0.2) is 5.82 Å². The summed E-state index contributed by atoms with van der Waals surface area (Å²) >= 11 is 5.45. The summed E-state index contributed by atoms with van der Waals surface area (Å²) in [5.41, 5.74) is -0.0885. The van der Waals surface area contributed by atoms with Crippen molar-refractivity contribution in [2.24, 2.45) is 0 Å². The van der Waals surface area contributed by atoms with Crippen LogP contribution in [-0.2, 0) is 4.79 Å². The zero-order chi connectivity index (χ0) is 9.59. The van der Waals surface area contributed by atoms with Crippen LogP contribution in [0.5, 0.6) is 0 Å². The van der Waals surface area contributed by atoms with Gasteiger partial charge in [0.2, 0.25) is 0 Å². The molecule has 0 bridgehead atoms. The minimum atomic E-state index is -0.823. The van der Waals surface area contributed by atoms with Crippen molar-refractivity contribution in [1.82, 2.24) is 0 Å². The van der Waals surface area contributed by atoms with Crippen molar-refractivity contribution in [2.45, 2.75) is 0 Å². The summed E-state index contributed by atoms with van der Waals surface area (Å²) in [7, 11) is 0. The number of anilines is 1. The van der Waals surface area contributed by atoms with Gasteiger partial charge in [0.1, 0.15) is 0 Å². The van der Waals surface area contributed by atoms with Crippen LogP contribution in [0, 0.1) is 5.82 Å². The van der Waals surface area contributed by atoms with Crippen molar-refractivity contribution in [3.63, 3.8) is 0 Å². The van der Waals surface area contributed by atoms with Crippen LogP contribution in [0.15, 0.2) is 12.1 Å². The number of carbonyl (C=O) groups is 2. The minimum Gasteiger partial charge on any atom is -0.316 e. The molecule has 1 heterocycles. The molecule has 1 aromatic rings. The number of halogens is 2. The van der Waals surface area contributed by atoms with E-state index in [2.05, 4.69) is 5.32 Å². The summed E-state index contributed by atoms with van der Waals surface area (Å²) in [5, 5.41) is 1.99. The van der Waals surface area contributed by atoms with Crippen LogP contribution in [0.1, 0.15) is 10.4 Å². The standard InChI is InChI=1S/C8H3ClFNO2/c9-4-2-1-3-6(5(4)10)11-8(13)7(3)12/h1-2H,(H,11,12,13). The van der Waals surface area contributed by atoms with Gasteiger partial charge in [-0.2, -0.15) is 0 Å². The Morgan fingerprint density at radius 3 is 2.69 bits per heavy atom. The summed E-state index contributed by atoms with van der Waals surface area (Å²) < 4.78 is 13.2. The third kappa shape index (κ3) is 1.02. The first-order chi connectivity index (χ1) is 6.11. The monoisotopic (exact) mass is 199 g/mol. The second-order valence-corrected chi connectivity index (χ2v) is 2.97. The van der Waals surface area contributed by atoms with E-state index in [9.17, 15) is 14.0 Å². The average Bonchev–Trinajstić information content (AvgIpc) is 2.38. The van der Waals surface area contributed by atoms with Gasteiger partial charge in [0, 0.05) is 0 Å². The van der Waals surface area contributed by atoms with E-state index in [1.54, 1.807) is 0 Å². The molecule has 0 saturated heterocycles. The van der Waals surface area contributed by atoms with Gasteiger partial charge in [-0.3, -0.25) is 9.59 Å². The molecule has 0 atom stereocenters. The van der Waals surface area contributed by atoms with E-state index in [0.717, 1.165) is 0 Å². The lowest BCUT2D eigenvalue weighted by Gasteiger charge is -1.99. The number of fused-ring (bicyclic) bond motifs is 1. The summed E-state index contributed by atoms with van der Waals surface area (Å²) in [4.78, 5) is 21.9. The Morgan fingerprint density at radius 2 is 2.00 bits per heavy atom. The molecule has 1 aromatic carbocycles. The molecule has 1 aliphatic rings. The number of carbonyl (C=O) groups excluding carboxylic acids is 2. The summed E-state index contributed by atoms with van der Waals surface area (Å²) in [6.45, 7) is 0. The number of ketones is 1. The number of Topliss-reactive ketones (excluding diaryl/α,β-unsaturated/α-hetero) is 1. The highest BCUT2D eigenvalue weighted by Crippen LogP contribution is 2.30. The molecule has 2 rings (SSSR count). The van der Waals surface area contributed by atoms with E-state index in [4.69, 9.17) is 11.6 Å². The summed E-state index contributed by atoms with van der Waals surface area (Å²) in [5.74, 6) is -2.32. The van der Waals surface area contributed by atoms with E-state index in [-0.39, 0.29) is 16.3 Å². The van der Waals surface area contributed by atoms with E-state index in [1.165, 1.54) is 12.1 Å². The molecule has 13 heavy (non-hydrogen) atoms. The van der Waals surface area contributed by atoms with E-state index >= 15 is 0 Å². The van der Waals surface area contributed by atoms with Gasteiger partial charge < -0.3 is 5.32 Å². The van der Waals surface area contributed by atoms with Crippen molar-refractivity contribution in [1.29, 1.82) is 0 Å². The predicted molar refractivity (Wildman–Crippen MR) is 44.4 cm³/mol. The van der Waals surface area contributed by atoms with Gasteiger partial charge in [-0.1, -0.05) is 11.6 Å². The first-order valence-electron chi connectivity index (χ1n) is 3.45. The third-order valence-corrected chi connectivity index (χ3v) is 2.08. The Hall–Kier alpha value is -1.42. The molecule has 1 amide bonds. The highest BCUT2D eigenvalue weighted by atomic mass is 35.5. The molecule has 0 unspecified atom stereocenters. The van der Waals surface area contributed by atoms with Crippen molar-refractivity contribution in [3.05, 3.63) is 28.5 Å². The first-order valence-corrected chi connectivity index (χ1v) is 3.82. The second-order valence-electron chi connectivity index (χ2n) is 2.57. The van der Waals surface area contributed by atoms with E-state index in [1.807, 2.05) is 0 Å². The van der Waals surface area contributed by atoms with Crippen molar-refractivity contribution in [3.8, 4) is 0 Å². The molecule has 3 nitrogen and oxygen atoms in total. The lowest BCUT2D eigenvalue weighted by Crippen LogP contribution is -2.12. The molecule has 0 spiro atoms. The largest absolute Gasteiger partial charge is 0.316 e. The van der Waals surface area contributed by atoms with Gasteiger partial charge >= 0.3 is 0 Å². The van der Waals surface area contributed by atoms with Crippen LogP contribution in [0.3, 0.4) is 0 Å². The zero-order valence-electron chi connectivity index (χ0n) is 6.23. The van der Waals surface area contributed by atoms with E-state index < -0.39 is 17.5 Å². The fraction of sp³-hybridized carbons (Fsp3) is 0. The molecule has 0 fully saturated rings. The highest BCUT2D eigenvalue weighted by Gasteiger charge is 2.31. The molecular weight excluding hydrogens is 197 g/mol. The Bertz CT molecular complexity index is 430. The quantitative estimate of drug-likeness (QED) is 0.646. The van der Waals surface area contributed by atoms with Gasteiger partial charge in [-0.25, -0.2) is 4.39 Å². The number of rotatable bonds is 0. The third-order valence-electron chi connectivity index (χ3n) is 1.78. The topological polar surface area (TPSA) is 46.2 Å². The highest BCUT2D eigenvalue weighted by molar-refractivity contribution is 6.52. The van der Waals surface area contributed by atoms with E-state index in [0.29, 0.717) is 0 Å². The van der Waals surface area contributed by atoms with Gasteiger partial charge in [-0.05, 0) is 12.1 Å². The summed E-state index contributed by atoms with van der Waals surface area (Å²) in [6.07, 6.45) is 0. The molecule has 0 radical (unpaired) electrons. The van der Waals surface area contributed by atoms with Gasteiger partial charge in [0.25, 0.3) is 11.7 Å². The normalized spacial score (nSPS) is 14.3. The number of hydrogen-bond acceptors (Lipinski definition) is 2. The smallest absolute Gasteiger partial charge is 0.296 e. The molecule has 0 saturated carbocycles. The second kappa shape index (κ2) is 2.53. The molecule has 0 aliphatic carbocycles. The molecule has 1 N–H and O–H groups in total. The van der Waals surface area contributed by atoms with Crippen molar-refractivity contribution >= 4 is 29.0 Å². The fourth-order valence-electron chi connectivity index (χ4n) is 1.15. The molecular formula is C8H3ClFNO2. The lowest BCUT2D eigenvalue weighted by molar-refractivity contribution is -0.112.